The second-order valence-electron chi connectivity index (χ2n) is 5.17. The minimum Gasteiger partial charge on any atom is -0.394 e. The number of hydrogen-bond donors (Lipinski definition) is 3. The molecule has 88 valence electrons. The van der Waals surface area contributed by atoms with Crippen molar-refractivity contribution in [1.82, 2.24) is 10.6 Å². The topological polar surface area (TPSA) is 44.3 Å². The maximum Gasteiger partial charge on any atom is 0.0613 e. The van der Waals surface area contributed by atoms with Gasteiger partial charge in [-0.2, -0.15) is 0 Å². The number of aliphatic hydroxyl groups is 1. The molecule has 0 amide bonds. The van der Waals surface area contributed by atoms with Gasteiger partial charge in [-0.1, -0.05) is 12.8 Å². The number of nitrogens with one attached hydrogen (secondary N) is 2. The Hall–Kier alpha value is -0.120. The van der Waals surface area contributed by atoms with E-state index < -0.39 is 0 Å². The summed E-state index contributed by atoms with van der Waals surface area (Å²) >= 11 is 0. The lowest BCUT2D eigenvalue weighted by Gasteiger charge is -2.40. The predicted molar refractivity (Wildman–Crippen MR) is 61.9 cm³/mol. The summed E-state index contributed by atoms with van der Waals surface area (Å²) in [7, 11) is 0. The summed E-state index contributed by atoms with van der Waals surface area (Å²) in [5.74, 6) is 0. The number of rotatable bonds is 3. The van der Waals surface area contributed by atoms with Crippen molar-refractivity contribution in [3.63, 3.8) is 0 Å². The van der Waals surface area contributed by atoms with Crippen LogP contribution in [0.2, 0.25) is 0 Å². The summed E-state index contributed by atoms with van der Waals surface area (Å²) in [6, 6.07) is 0.622. The first kappa shape index (κ1) is 11.4. The molecule has 2 aliphatic rings. The van der Waals surface area contributed by atoms with E-state index in [1.165, 1.54) is 32.1 Å². The summed E-state index contributed by atoms with van der Waals surface area (Å²) in [5, 5.41) is 16.7. The normalized spacial score (nSPS) is 37.8. The van der Waals surface area contributed by atoms with Gasteiger partial charge >= 0.3 is 0 Å². The van der Waals surface area contributed by atoms with Crippen molar-refractivity contribution in [1.29, 1.82) is 0 Å². The molecule has 2 saturated heterocycles. The molecule has 3 nitrogen and oxygen atoms in total. The van der Waals surface area contributed by atoms with Gasteiger partial charge in [0, 0.05) is 11.6 Å². The van der Waals surface area contributed by atoms with Gasteiger partial charge in [-0.25, -0.2) is 0 Å². The van der Waals surface area contributed by atoms with Crippen LogP contribution in [0.5, 0.6) is 0 Å². The quantitative estimate of drug-likeness (QED) is 0.654. The molecular weight excluding hydrogens is 188 g/mol. The Morgan fingerprint density at radius 1 is 1.13 bits per heavy atom. The van der Waals surface area contributed by atoms with Crippen molar-refractivity contribution in [3.8, 4) is 0 Å². The molecule has 0 saturated carbocycles. The van der Waals surface area contributed by atoms with E-state index in [-0.39, 0.29) is 5.54 Å². The Morgan fingerprint density at radius 3 is 2.60 bits per heavy atom. The molecule has 0 aliphatic carbocycles. The van der Waals surface area contributed by atoms with Gasteiger partial charge in [-0.15, -0.1) is 0 Å². The van der Waals surface area contributed by atoms with E-state index in [0.717, 1.165) is 25.9 Å². The fourth-order valence-electron chi connectivity index (χ4n) is 2.97. The maximum atomic E-state index is 9.58. The van der Waals surface area contributed by atoms with Gasteiger partial charge in [0.15, 0.2) is 0 Å². The van der Waals surface area contributed by atoms with E-state index in [1.807, 2.05) is 0 Å². The van der Waals surface area contributed by atoms with Crippen molar-refractivity contribution in [2.24, 2.45) is 0 Å². The highest BCUT2D eigenvalue weighted by Crippen LogP contribution is 2.26. The zero-order valence-corrected chi connectivity index (χ0v) is 9.60. The lowest BCUT2D eigenvalue weighted by atomic mass is 9.82. The standard InChI is InChI=1S/C12H24N2O/c15-10-12(6-2-4-8-14-12)9-11-5-1-3-7-13-11/h11,13-15H,1-10H2. The molecule has 2 fully saturated rings. The first-order chi connectivity index (χ1) is 7.35. The van der Waals surface area contributed by atoms with Gasteiger partial charge in [0.05, 0.1) is 6.61 Å². The van der Waals surface area contributed by atoms with Crippen LogP contribution in [0, 0.1) is 0 Å². The van der Waals surface area contributed by atoms with E-state index in [1.54, 1.807) is 0 Å². The highest BCUT2D eigenvalue weighted by molar-refractivity contribution is 4.94. The number of piperidine rings is 2. The lowest BCUT2D eigenvalue weighted by molar-refractivity contribution is 0.108. The smallest absolute Gasteiger partial charge is 0.0613 e. The van der Waals surface area contributed by atoms with Crippen LogP contribution in [-0.2, 0) is 0 Å². The third-order valence-corrected chi connectivity index (χ3v) is 3.93. The third kappa shape index (κ3) is 2.92. The minimum atomic E-state index is 0.0211. The average molecular weight is 212 g/mol. The Morgan fingerprint density at radius 2 is 2.00 bits per heavy atom. The van der Waals surface area contributed by atoms with Gasteiger partial charge < -0.3 is 15.7 Å². The van der Waals surface area contributed by atoms with E-state index in [9.17, 15) is 5.11 Å². The zero-order chi connectivity index (χ0) is 10.6. The second kappa shape index (κ2) is 5.28. The lowest BCUT2D eigenvalue weighted by Crippen LogP contribution is -2.55. The number of hydrogen-bond acceptors (Lipinski definition) is 3. The van der Waals surface area contributed by atoms with Crippen molar-refractivity contribution in [2.75, 3.05) is 19.7 Å². The molecule has 2 rings (SSSR count). The van der Waals surface area contributed by atoms with Gasteiger partial charge in [0.1, 0.15) is 0 Å². The largest absolute Gasteiger partial charge is 0.394 e. The van der Waals surface area contributed by atoms with Crippen LogP contribution in [0.4, 0.5) is 0 Å². The van der Waals surface area contributed by atoms with E-state index in [0.29, 0.717) is 12.6 Å². The first-order valence-electron chi connectivity index (χ1n) is 6.44. The Bertz CT molecular complexity index is 184. The molecule has 0 aromatic rings. The molecule has 2 aliphatic heterocycles. The summed E-state index contributed by atoms with van der Waals surface area (Å²) in [5.41, 5.74) is 0.0211. The molecule has 3 N–H and O–H groups in total. The second-order valence-corrected chi connectivity index (χ2v) is 5.17. The van der Waals surface area contributed by atoms with Crippen molar-refractivity contribution >= 4 is 0 Å². The Kier molecular flexibility index (Phi) is 4.00. The zero-order valence-electron chi connectivity index (χ0n) is 9.60. The monoisotopic (exact) mass is 212 g/mol. The van der Waals surface area contributed by atoms with Crippen LogP contribution in [0.25, 0.3) is 0 Å². The van der Waals surface area contributed by atoms with Crippen LogP contribution in [0.1, 0.15) is 44.9 Å². The van der Waals surface area contributed by atoms with Crippen LogP contribution < -0.4 is 10.6 Å². The molecule has 0 aromatic carbocycles. The first-order valence-corrected chi connectivity index (χ1v) is 6.44. The highest BCUT2D eigenvalue weighted by atomic mass is 16.3. The van der Waals surface area contributed by atoms with E-state index in [4.69, 9.17) is 0 Å². The molecule has 2 unspecified atom stereocenters. The van der Waals surface area contributed by atoms with Crippen molar-refractivity contribution in [2.45, 2.75) is 56.5 Å². The van der Waals surface area contributed by atoms with Gasteiger partial charge in [0.2, 0.25) is 0 Å². The average Bonchev–Trinajstić information content (AvgIpc) is 2.32. The van der Waals surface area contributed by atoms with Crippen molar-refractivity contribution in [3.05, 3.63) is 0 Å². The minimum absolute atomic E-state index is 0.0211. The van der Waals surface area contributed by atoms with Crippen molar-refractivity contribution < 1.29 is 5.11 Å². The van der Waals surface area contributed by atoms with Crippen LogP contribution in [0.15, 0.2) is 0 Å². The summed E-state index contributed by atoms with van der Waals surface area (Å²) < 4.78 is 0. The third-order valence-electron chi connectivity index (χ3n) is 3.93. The molecule has 0 spiro atoms. The molecule has 2 heterocycles. The van der Waals surface area contributed by atoms with E-state index >= 15 is 0 Å². The SMILES string of the molecule is OCC1(CC2CCCCN2)CCCCN1. The van der Waals surface area contributed by atoms with Gasteiger partial charge in [-0.05, 0) is 45.2 Å². The van der Waals surface area contributed by atoms with Gasteiger partial charge in [0.25, 0.3) is 0 Å². The summed E-state index contributed by atoms with van der Waals surface area (Å²) in [4.78, 5) is 0. The number of aliphatic hydroxyl groups excluding tert-OH is 1. The van der Waals surface area contributed by atoms with E-state index in [2.05, 4.69) is 10.6 Å². The van der Waals surface area contributed by atoms with Crippen LogP contribution >= 0.6 is 0 Å². The Balaban J connectivity index is 1.87. The highest BCUT2D eigenvalue weighted by Gasteiger charge is 2.33. The molecule has 0 bridgehead atoms. The van der Waals surface area contributed by atoms with Crippen LogP contribution in [-0.4, -0.2) is 36.4 Å². The fraction of sp³-hybridized carbons (Fsp3) is 1.00. The maximum absolute atomic E-state index is 9.58. The van der Waals surface area contributed by atoms with Gasteiger partial charge in [-0.3, -0.25) is 0 Å². The Labute approximate surface area is 92.6 Å². The molecular formula is C12H24N2O. The summed E-state index contributed by atoms with van der Waals surface area (Å²) in [6.45, 7) is 2.53. The molecule has 15 heavy (non-hydrogen) atoms. The molecule has 0 radical (unpaired) electrons. The summed E-state index contributed by atoms with van der Waals surface area (Å²) in [6.07, 6.45) is 8.71. The predicted octanol–water partition coefficient (Wildman–Crippen LogP) is 1.02. The van der Waals surface area contributed by atoms with Crippen LogP contribution in [0.3, 0.4) is 0 Å². The molecule has 0 aromatic heterocycles. The fourth-order valence-corrected chi connectivity index (χ4v) is 2.97. The molecule has 2 atom stereocenters. The molecule has 3 heteroatoms.